The summed E-state index contributed by atoms with van der Waals surface area (Å²) in [5.41, 5.74) is 2.58. The van der Waals surface area contributed by atoms with Crippen LogP contribution in [0.15, 0.2) is 52.1 Å². The van der Waals surface area contributed by atoms with Gasteiger partial charge in [-0.05, 0) is 55.8 Å². The standard InChI is InChI=1S/C22H32N4OS.HI/c1-3-23-22(25-20-10-7-13-28-17-20)24-14-18-8-4-5-9-19(18)15-26(2)16-21-11-6-12-27-21;/h4-6,8-9,11-12,20H,3,7,10,13-17H2,1-2H3,(H2,23,24,25);1H. The van der Waals surface area contributed by atoms with Gasteiger partial charge in [0.2, 0.25) is 0 Å². The maximum absolute atomic E-state index is 5.47. The highest BCUT2D eigenvalue weighted by Gasteiger charge is 2.15. The van der Waals surface area contributed by atoms with Crippen LogP contribution in [0.25, 0.3) is 0 Å². The number of guanidine groups is 1. The number of nitrogens with zero attached hydrogens (tertiary/aromatic N) is 2. The number of benzene rings is 1. The minimum Gasteiger partial charge on any atom is -0.468 e. The van der Waals surface area contributed by atoms with Crippen LogP contribution < -0.4 is 10.6 Å². The molecule has 5 nitrogen and oxygen atoms in total. The van der Waals surface area contributed by atoms with Crippen molar-refractivity contribution in [1.29, 1.82) is 0 Å². The van der Waals surface area contributed by atoms with E-state index in [-0.39, 0.29) is 24.0 Å². The number of hydrogen-bond acceptors (Lipinski definition) is 4. The van der Waals surface area contributed by atoms with E-state index in [4.69, 9.17) is 9.41 Å². The highest BCUT2D eigenvalue weighted by Crippen LogP contribution is 2.17. The van der Waals surface area contributed by atoms with Crippen LogP contribution in [-0.2, 0) is 19.6 Å². The van der Waals surface area contributed by atoms with Crippen molar-refractivity contribution < 1.29 is 4.42 Å². The summed E-state index contributed by atoms with van der Waals surface area (Å²) in [6.07, 6.45) is 4.24. The molecule has 160 valence electrons. The summed E-state index contributed by atoms with van der Waals surface area (Å²) >= 11 is 2.03. The summed E-state index contributed by atoms with van der Waals surface area (Å²) in [4.78, 5) is 7.14. The third-order valence-electron chi connectivity index (χ3n) is 4.82. The van der Waals surface area contributed by atoms with Gasteiger partial charge in [0.1, 0.15) is 5.76 Å². The monoisotopic (exact) mass is 528 g/mol. The van der Waals surface area contributed by atoms with Gasteiger partial charge in [-0.15, -0.1) is 24.0 Å². The summed E-state index contributed by atoms with van der Waals surface area (Å²) < 4.78 is 5.47. The van der Waals surface area contributed by atoms with Crippen LogP contribution in [0, 0.1) is 0 Å². The molecule has 7 heteroatoms. The summed E-state index contributed by atoms with van der Waals surface area (Å²) in [6, 6.07) is 13.1. The van der Waals surface area contributed by atoms with Crippen LogP contribution in [0.5, 0.6) is 0 Å². The molecule has 2 heterocycles. The molecule has 1 aliphatic rings. The van der Waals surface area contributed by atoms with Crippen molar-refractivity contribution in [2.75, 3.05) is 25.1 Å². The lowest BCUT2D eigenvalue weighted by Crippen LogP contribution is -2.45. The molecule has 1 saturated heterocycles. The van der Waals surface area contributed by atoms with Crippen LogP contribution in [0.2, 0.25) is 0 Å². The van der Waals surface area contributed by atoms with E-state index in [0.29, 0.717) is 12.6 Å². The Bertz CT molecular complexity index is 732. The number of halogens is 1. The smallest absolute Gasteiger partial charge is 0.191 e. The second-order valence-electron chi connectivity index (χ2n) is 7.27. The van der Waals surface area contributed by atoms with Crippen molar-refractivity contribution in [2.24, 2.45) is 4.99 Å². The lowest BCUT2D eigenvalue weighted by Gasteiger charge is -2.24. The Labute approximate surface area is 196 Å². The van der Waals surface area contributed by atoms with E-state index in [0.717, 1.165) is 31.4 Å². The molecule has 2 N–H and O–H groups in total. The molecule has 1 aromatic carbocycles. The molecule has 0 saturated carbocycles. The maximum atomic E-state index is 5.47. The first-order chi connectivity index (χ1) is 13.7. The molecule has 0 bridgehead atoms. The summed E-state index contributed by atoms with van der Waals surface area (Å²) in [5.74, 6) is 4.36. The number of aliphatic imine (C=N–C) groups is 1. The quantitative estimate of drug-likeness (QED) is 0.301. The highest BCUT2D eigenvalue weighted by atomic mass is 127. The number of rotatable bonds is 8. The van der Waals surface area contributed by atoms with Crippen molar-refractivity contribution in [2.45, 2.75) is 45.4 Å². The summed E-state index contributed by atoms with van der Waals surface area (Å²) in [7, 11) is 2.12. The predicted molar refractivity (Wildman–Crippen MR) is 134 cm³/mol. The van der Waals surface area contributed by atoms with Gasteiger partial charge in [-0.3, -0.25) is 4.90 Å². The molecule has 2 aromatic rings. The Morgan fingerprint density at radius 2 is 2.03 bits per heavy atom. The molecule has 0 spiro atoms. The fourth-order valence-electron chi connectivity index (χ4n) is 3.41. The van der Waals surface area contributed by atoms with E-state index in [1.165, 1.54) is 35.5 Å². The molecule has 1 atom stereocenters. The molecular formula is C22H33IN4OS. The second kappa shape index (κ2) is 13.2. The van der Waals surface area contributed by atoms with Crippen molar-refractivity contribution in [1.82, 2.24) is 15.5 Å². The third-order valence-corrected chi connectivity index (χ3v) is 6.03. The van der Waals surface area contributed by atoms with Gasteiger partial charge in [0.25, 0.3) is 0 Å². The van der Waals surface area contributed by atoms with Gasteiger partial charge < -0.3 is 15.1 Å². The van der Waals surface area contributed by atoms with E-state index < -0.39 is 0 Å². The average Bonchev–Trinajstić information content (AvgIpc) is 3.21. The van der Waals surface area contributed by atoms with Gasteiger partial charge >= 0.3 is 0 Å². The van der Waals surface area contributed by atoms with Crippen LogP contribution >= 0.6 is 35.7 Å². The molecule has 1 fully saturated rings. The molecule has 0 radical (unpaired) electrons. The van der Waals surface area contributed by atoms with Gasteiger partial charge in [-0.2, -0.15) is 11.8 Å². The first kappa shape index (κ1) is 24.1. The minimum atomic E-state index is 0. The Morgan fingerprint density at radius 1 is 1.21 bits per heavy atom. The summed E-state index contributed by atoms with van der Waals surface area (Å²) in [6.45, 7) is 5.34. The maximum Gasteiger partial charge on any atom is 0.191 e. The van der Waals surface area contributed by atoms with Gasteiger partial charge in [0.05, 0.1) is 19.4 Å². The first-order valence-corrected chi connectivity index (χ1v) is 11.3. The van der Waals surface area contributed by atoms with Crippen LogP contribution in [0.1, 0.15) is 36.7 Å². The molecule has 1 aliphatic heterocycles. The van der Waals surface area contributed by atoms with E-state index >= 15 is 0 Å². The fraction of sp³-hybridized carbons (Fsp3) is 0.500. The topological polar surface area (TPSA) is 52.8 Å². The van der Waals surface area contributed by atoms with Gasteiger partial charge in [-0.25, -0.2) is 4.99 Å². The minimum absolute atomic E-state index is 0. The Kier molecular flexibility index (Phi) is 10.9. The normalized spacial score (nSPS) is 17.1. The van der Waals surface area contributed by atoms with Crippen molar-refractivity contribution in [3.63, 3.8) is 0 Å². The molecule has 0 aliphatic carbocycles. The largest absolute Gasteiger partial charge is 0.468 e. The number of thioether (sulfide) groups is 1. The van der Waals surface area contributed by atoms with Crippen LogP contribution in [-0.4, -0.2) is 42.0 Å². The van der Waals surface area contributed by atoms with Crippen LogP contribution in [0.4, 0.5) is 0 Å². The van der Waals surface area contributed by atoms with Gasteiger partial charge in [-0.1, -0.05) is 24.3 Å². The van der Waals surface area contributed by atoms with Crippen molar-refractivity contribution >= 4 is 41.7 Å². The molecule has 1 unspecified atom stereocenters. The van der Waals surface area contributed by atoms with Crippen molar-refractivity contribution in [3.8, 4) is 0 Å². The fourth-order valence-corrected chi connectivity index (χ4v) is 4.49. The third kappa shape index (κ3) is 8.22. The Hall–Kier alpha value is -1.19. The Balaban J connectivity index is 0.00000300. The average molecular weight is 529 g/mol. The SMILES string of the molecule is CCNC(=NCc1ccccc1CN(C)Cc1ccco1)NC1CCCSC1.I. The zero-order chi connectivity index (χ0) is 19.6. The van der Waals surface area contributed by atoms with Gasteiger partial charge in [0, 0.05) is 24.9 Å². The molecule has 29 heavy (non-hydrogen) atoms. The predicted octanol–water partition coefficient (Wildman–Crippen LogP) is 4.48. The second-order valence-corrected chi connectivity index (χ2v) is 8.42. The number of hydrogen-bond donors (Lipinski definition) is 2. The number of furan rings is 1. The zero-order valence-electron chi connectivity index (χ0n) is 17.4. The number of nitrogens with one attached hydrogen (secondary N) is 2. The highest BCUT2D eigenvalue weighted by molar-refractivity contribution is 14.0. The molecule has 3 rings (SSSR count). The Morgan fingerprint density at radius 3 is 2.72 bits per heavy atom. The van der Waals surface area contributed by atoms with E-state index in [9.17, 15) is 0 Å². The molecule has 0 amide bonds. The van der Waals surface area contributed by atoms with Gasteiger partial charge in [0.15, 0.2) is 5.96 Å². The first-order valence-electron chi connectivity index (χ1n) is 10.1. The van der Waals surface area contributed by atoms with Crippen LogP contribution in [0.3, 0.4) is 0 Å². The summed E-state index contributed by atoms with van der Waals surface area (Å²) in [5, 5.41) is 7.01. The molecule has 1 aromatic heterocycles. The lowest BCUT2D eigenvalue weighted by molar-refractivity contribution is 0.287. The zero-order valence-corrected chi connectivity index (χ0v) is 20.5. The molecular weight excluding hydrogens is 495 g/mol. The lowest BCUT2D eigenvalue weighted by atomic mass is 10.1. The van der Waals surface area contributed by atoms with E-state index in [1.54, 1.807) is 6.26 Å². The van der Waals surface area contributed by atoms with E-state index in [2.05, 4.69) is 53.8 Å². The van der Waals surface area contributed by atoms with Crippen molar-refractivity contribution in [3.05, 3.63) is 59.5 Å². The van der Waals surface area contributed by atoms with E-state index in [1.807, 2.05) is 23.9 Å².